The first-order valence-electron chi connectivity index (χ1n) is 40.2. The van der Waals surface area contributed by atoms with Crippen molar-refractivity contribution in [3.05, 3.63) is 186 Å². The summed E-state index contributed by atoms with van der Waals surface area (Å²) >= 11 is 3.34. The zero-order valence-electron chi connectivity index (χ0n) is 74.4. The molecule has 0 spiro atoms. The number of halogens is 1. The Bertz CT molecular complexity index is 3750. The number of aryl methyl sites for hydroxylation is 2. The Morgan fingerprint density at radius 2 is 1.00 bits per heavy atom. The minimum absolute atomic E-state index is 0.245. The summed E-state index contributed by atoms with van der Waals surface area (Å²) in [6, 6.07) is 25.1. The first kappa shape index (κ1) is 97.0. The van der Waals surface area contributed by atoms with Crippen molar-refractivity contribution in [1.29, 1.82) is 0 Å². The Hall–Kier alpha value is -7.05. The standard InChI is InChI=1S/C13H17NS.C11H19N.C11H17N.C10H18N2.C10H16N2.C9H14FNS.C9H16N2.C9H15NO.C8H15N3/c1-8(2)10-6-5-7-11-12(10)15-13(14-11)9(3)4;1-8(2)11-7-6-10(5)12(11)9(3)4;1-8(2)10-5-6-12-11(7-10)9(3)4;1-7(2)10-6-9(5)11-12(10)8(3)4;1-7(2)9-5-10(8(3)4)12-11-6-9;1-5(2)7-8(10)11-9(12-7)6(3)4;2*1-6(2)8-5-9(7(3)4)11-10-8;1-6(2)8-5-11(7(3)4)10-9-8/h5-9H,1-4H3;6-9H,1-5H3;5-9H,1-4H3;6-8H,1-5H3;5-8H,1-4H3;5-6H,1-4H3;5-7H,1-4H3,(H,10,11);2*5-7H,1-4H3. The van der Waals surface area contributed by atoms with E-state index in [4.69, 9.17) is 4.52 Å². The average molecular weight is 1520 g/mol. The number of aromatic nitrogens is 14. The molecule has 0 aliphatic carbocycles. The lowest BCUT2D eigenvalue weighted by Crippen LogP contribution is -2.08. The lowest BCUT2D eigenvalue weighted by Gasteiger charge is -2.17. The largest absolute Gasteiger partial charge is 0.361 e. The van der Waals surface area contributed by atoms with E-state index in [-0.39, 0.29) is 11.9 Å². The molecule has 0 atom stereocenters. The molecule has 9 heterocycles. The minimum atomic E-state index is -0.279. The molecule has 0 unspecified atom stereocenters. The third kappa shape index (κ3) is 32.5. The highest BCUT2D eigenvalue weighted by Gasteiger charge is 2.18. The fourth-order valence-electron chi connectivity index (χ4n) is 10.5. The van der Waals surface area contributed by atoms with Crippen molar-refractivity contribution in [3.63, 3.8) is 0 Å². The number of nitrogens with zero attached hydrogens (tertiary/aromatic N) is 13. The van der Waals surface area contributed by atoms with E-state index >= 15 is 0 Å². The molecule has 15 nitrogen and oxygen atoms in total. The molecule has 1 aromatic carbocycles. The Kier molecular flexibility index (Phi) is 42.4. The van der Waals surface area contributed by atoms with Gasteiger partial charge in [0, 0.05) is 82.8 Å². The molecule has 10 rings (SSSR count). The van der Waals surface area contributed by atoms with Crippen molar-refractivity contribution in [2.45, 2.75) is 370 Å². The number of thiazole rings is 2. The number of H-pyrrole nitrogens is 1. The number of hydrogen-bond acceptors (Lipinski definition) is 13. The van der Waals surface area contributed by atoms with Crippen LogP contribution in [0.1, 0.15) is 450 Å². The molecule has 9 aromatic heterocycles. The van der Waals surface area contributed by atoms with E-state index in [1.54, 1.807) is 0 Å². The van der Waals surface area contributed by atoms with E-state index in [1.807, 2.05) is 75.3 Å². The molecule has 0 aliphatic rings. The number of aromatic amines is 1. The van der Waals surface area contributed by atoms with Gasteiger partial charge in [-0.2, -0.15) is 24.8 Å². The maximum absolute atomic E-state index is 13.1. The van der Waals surface area contributed by atoms with Gasteiger partial charge in [-0.3, -0.25) is 14.8 Å². The van der Waals surface area contributed by atoms with Crippen LogP contribution in [0.15, 0.2) is 89.8 Å². The van der Waals surface area contributed by atoms with Gasteiger partial charge in [-0.15, -0.1) is 27.8 Å². The molecule has 0 fully saturated rings. The van der Waals surface area contributed by atoms with E-state index in [2.05, 4.69) is 354 Å². The van der Waals surface area contributed by atoms with Gasteiger partial charge in [0.05, 0.1) is 59.8 Å². The quantitative estimate of drug-likeness (QED) is 0.0866. The summed E-state index contributed by atoms with van der Waals surface area (Å²) in [6.45, 7) is 81.7. The van der Waals surface area contributed by atoms with Crippen molar-refractivity contribution in [2.24, 2.45) is 0 Å². The predicted octanol–water partition coefficient (Wildman–Crippen LogP) is 28.1. The van der Waals surface area contributed by atoms with Gasteiger partial charge in [0.2, 0.25) is 5.95 Å². The maximum Gasteiger partial charge on any atom is 0.227 e. The van der Waals surface area contributed by atoms with Gasteiger partial charge in [0.1, 0.15) is 5.76 Å². The molecule has 0 amide bonds. The zero-order valence-corrected chi connectivity index (χ0v) is 76.0. The fourth-order valence-corrected chi connectivity index (χ4v) is 12.7. The van der Waals surface area contributed by atoms with Crippen molar-refractivity contribution in [3.8, 4) is 0 Å². The van der Waals surface area contributed by atoms with Gasteiger partial charge in [-0.25, -0.2) is 14.6 Å². The monoisotopic (exact) mass is 1520 g/mol. The van der Waals surface area contributed by atoms with E-state index in [1.165, 1.54) is 66.2 Å². The second kappa shape index (κ2) is 47.2. The van der Waals surface area contributed by atoms with Gasteiger partial charge in [0.25, 0.3) is 0 Å². The molecule has 0 bridgehead atoms. The van der Waals surface area contributed by atoms with Gasteiger partial charge in [0.15, 0.2) is 0 Å². The summed E-state index contributed by atoms with van der Waals surface area (Å²) in [4.78, 5) is 13.7. The fraction of sp³-hybridized carbons (Fsp3) is 0.622. The van der Waals surface area contributed by atoms with E-state index < -0.39 is 0 Å². The van der Waals surface area contributed by atoms with Gasteiger partial charge >= 0.3 is 0 Å². The van der Waals surface area contributed by atoms with Gasteiger partial charge in [-0.05, 0) is 192 Å². The maximum atomic E-state index is 13.1. The van der Waals surface area contributed by atoms with Crippen molar-refractivity contribution in [2.75, 3.05) is 0 Å². The topological polar surface area (TPSA) is 173 Å². The summed E-state index contributed by atoms with van der Waals surface area (Å²) in [5.41, 5.74) is 17.3. The molecule has 602 valence electrons. The highest BCUT2D eigenvalue weighted by molar-refractivity contribution is 7.18. The van der Waals surface area contributed by atoms with Crippen LogP contribution in [-0.4, -0.2) is 69.8 Å². The SMILES string of the molecule is CC(C)c1cc(C(C)C)[nH]n1.CC(C)c1cc(C(C)C)on1.CC(C)c1ccnc(C(C)C)c1.CC(C)c1cn(C(C)C)nn1.CC(C)c1cnnc(C(C)C)c1.CC(C)c1nc(F)c(C(C)C)s1.CC(C)c1nc2cccc(C(C)C)c2s1.Cc1cc(C(C)C)n(C(C)C)n1.Cc1ccc(C(C)C)n1C(C)C. The summed E-state index contributed by atoms with van der Waals surface area (Å²) in [5.74, 6) is 8.17. The van der Waals surface area contributed by atoms with Gasteiger partial charge in [-0.1, -0.05) is 230 Å². The van der Waals surface area contributed by atoms with Crippen LogP contribution >= 0.6 is 22.7 Å². The molecule has 108 heavy (non-hydrogen) atoms. The van der Waals surface area contributed by atoms with Crippen LogP contribution in [-0.2, 0) is 0 Å². The number of nitrogens with one attached hydrogen (secondary N) is 1. The Labute approximate surface area is 663 Å². The van der Waals surface area contributed by atoms with E-state index in [0.717, 1.165) is 49.6 Å². The number of fused-ring (bicyclic) bond motifs is 1. The Balaban J connectivity index is 0.000000413. The van der Waals surface area contributed by atoms with Crippen LogP contribution < -0.4 is 0 Å². The van der Waals surface area contributed by atoms with Crippen LogP contribution in [0.2, 0.25) is 0 Å². The minimum Gasteiger partial charge on any atom is -0.361 e. The molecular weight excluding hydrogens is 1380 g/mol. The van der Waals surface area contributed by atoms with Crippen molar-refractivity contribution in [1.82, 2.24) is 69.8 Å². The third-order valence-electron chi connectivity index (χ3n) is 17.7. The van der Waals surface area contributed by atoms with Crippen molar-refractivity contribution >= 4 is 32.9 Å². The normalized spacial score (nSPS) is 11.5. The smallest absolute Gasteiger partial charge is 0.227 e. The van der Waals surface area contributed by atoms with Crippen LogP contribution in [0, 0.1) is 19.8 Å². The summed E-state index contributed by atoms with van der Waals surface area (Å²) in [5, 5.41) is 33.9. The van der Waals surface area contributed by atoms with E-state index in [9.17, 15) is 4.39 Å². The highest BCUT2D eigenvalue weighted by Crippen LogP contribution is 2.34. The second-order valence-electron chi connectivity index (χ2n) is 33.9. The number of hydrogen-bond donors (Lipinski definition) is 1. The third-order valence-corrected chi connectivity index (χ3v) is 20.7. The molecular formula is C90H147FN14OS2. The predicted molar refractivity (Wildman–Crippen MR) is 462 cm³/mol. The lowest BCUT2D eigenvalue weighted by atomic mass is 10.0. The van der Waals surface area contributed by atoms with Crippen molar-refractivity contribution < 1.29 is 8.91 Å². The summed E-state index contributed by atoms with van der Waals surface area (Å²) in [7, 11) is 0. The number of pyridine rings is 1. The molecule has 0 saturated carbocycles. The average Bonchev–Trinajstić information content (AvgIpc) is 1.65. The second-order valence-corrected chi connectivity index (χ2v) is 36.0. The molecule has 10 aromatic rings. The molecule has 0 radical (unpaired) electrons. The zero-order chi connectivity index (χ0) is 82.5. The van der Waals surface area contributed by atoms with Crippen LogP contribution in [0.3, 0.4) is 0 Å². The molecule has 1 N–H and O–H groups in total. The van der Waals surface area contributed by atoms with Gasteiger partial charge < -0.3 is 9.09 Å². The first-order chi connectivity index (χ1) is 50.2. The molecule has 0 aliphatic heterocycles. The number of rotatable bonds is 18. The summed E-state index contributed by atoms with van der Waals surface area (Å²) < 4.78 is 26.0. The van der Waals surface area contributed by atoms with Crippen LogP contribution in [0.5, 0.6) is 0 Å². The molecule has 18 heteroatoms. The Morgan fingerprint density at radius 1 is 0.444 bits per heavy atom. The molecule has 0 saturated heterocycles. The van der Waals surface area contributed by atoms with E-state index in [0.29, 0.717) is 101 Å². The van der Waals surface area contributed by atoms with Crippen LogP contribution in [0.25, 0.3) is 10.2 Å². The first-order valence-corrected chi connectivity index (χ1v) is 41.9. The highest BCUT2D eigenvalue weighted by atomic mass is 32.1. The lowest BCUT2D eigenvalue weighted by molar-refractivity contribution is 0.363. The van der Waals surface area contributed by atoms with Crippen LogP contribution in [0.4, 0.5) is 4.39 Å². The summed E-state index contributed by atoms with van der Waals surface area (Å²) in [6.07, 6.45) is 5.76. The number of benzene rings is 1. The Morgan fingerprint density at radius 3 is 1.38 bits per heavy atom.